The van der Waals surface area contributed by atoms with Crippen molar-refractivity contribution in [2.24, 2.45) is 0 Å². The van der Waals surface area contributed by atoms with Crippen molar-refractivity contribution in [1.29, 1.82) is 0 Å². The second-order valence-corrected chi connectivity index (χ2v) is 6.81. The maximum atomic E-state index is 5.69. The molecule has 0 aromatic carbocycles. The first-order chi connectivity index (χ1) is 12.4. The average molecular weight is 353 g/mol. The van der Waals surface area contributed by atoms with E-state index in [1.807, 2.05) is 24.3 Å². The average Bonchev–Trinajstić information content (AvgIpc) is 3.16. The van der Waals surface area contributed by atoms with E-state index in [4.69, 9.17) is 9.72 Å². The summed E-state index contributed by atoms with van der Waals surface area (Å²) >= 11 is 1.77. The molecule has 3 aromatic rings. The summed E-state index contributed by atoms with van der Waals surface area (Å²) in [6.45, 7) is 3.13. The lowest BCUT2D eigenvalue weighted by molar-refractivity contribution is -0.0154. The van der Waals surface area contributed by atoms with Crippen LogP contribution in [0.15, 0.2) is 54.2 Å². The third-order valence-corrected chi connectivity index (χ3v) is 4.93. The molecule has 0 saturated carbocycles. The minimum absolute atomic E-state index is 0.0568. The van der Waals surface area contributed by atoms with E-state index in [1.54, 1.807) is 23.7 Å². The van der Waals surface area contributed by atoms with Crippen LogP contribution in [0.2, 0.25) is 0 Å². The zero-order valence-corrected chi connectivity index (χ0v) is 14.5. The van der Waals surface area contributed by atoms with E-state index < -0.39 is 0 Å². The highest BCUT2D eigenvalue weighted by Gasteiger charge is 2.27. The predicted octanol–water partition coefficient (Wildman–Crippen LogP) is 3.25. The summed E-state index contributed by atoms with van der Waals surface area (Å²) in [7, 11) is 0. The number of thiophene rings is 1. The Labute approximate surface area is 150 Å². The Hall–Kier alpha value is -2.35. The van der Waals surface area contributed by atoms with Crippen molar-refractivity contribution in [2.45, 2.75) is 12.6 Å². The van der Waals surface area contributed by atoms with Gasteiger partial charge in [-0.1, -0.05) is 12.1 Å². The van der Waals surface area contributed by atoms with E-state index in [1.165, 1.54) is 4.88 Å². The first kappa shape index (κ1) is 16.1. The van der Waals surface area contributed by atoms with Gasteiger partial charge in [0.15, 0.2) is 0 Å². The van der Waals surface area contributed by atoms with E-state index in [2.05, 4.69) is 37.7 Å². The van der Waals surface area contributed by atoms with Crippen LogP contribution >= 0.6 is 11.3 Å². The molecule has 7 heteroatoms. The normalized spacial score (nSPS) is 18.2. The molecule has 6 nitrogen and oxygen atoms in total. The van der Waals surface area contributed by atoms with Gasteiger partial charge in [0.25, 0.3) is 0 Å². The predicted molar refractivity (Wildman–Crippen MR) is 97.8 cm³/mol. The summed E-state index contributed by atoms with van der Waals surface area (Å²) in [4.78, 5) is 17.2. The van der Waals surface area contributed by atoms with Crippen molar-refractivity contribution in [3.63, 3.8) is 0 Å². The Balaban J connectivity index is 1.53. The molecule has 1 atom stereocenters. The van der Waals surface area contributed by atoms with Crippen LogP contribution in [0, 0.1) is 0 Å². The molecule has 0 aliphatic carbocycles. The summed E-state index contributed by atoms with van der Waals surface area (Å²) in [6, 6.07) is 11.9. The molecule has 1 aliphatic heterocycles. The molecule has 1 aliphatic rings. The quantitative estimate of drug-likeness (QED) is 0.760. The molecule has 0 amide bonds. The number of hydrogen-bond donors (Lipinski definition) is 1. The third-order valence-electron chi connectivity index (χ3n) is 4.07. The van der Waals surface area contributed by atoms with Gasteiger partial charge < -0.3 is 10.1 Å². The number of pyridine rings is 1. The van der Waals surface area contributed by atoms with Crippen LogP contribution in [-0.2, 0) is 11.3 Å². The van der Waals surface area contributed by atoms with Crippen molar-refractivity contribution in [3.05, 3.63) is 64.9 Å². The molecule has 0 radical (unpaired) electrons. The SMILES string of the molecule is c1ccc(Nc2ccnc([C@H]3COCCN3Cc3cccs3)n2)nc1. The number of ether oxygens (including phenoxy) is 1. The molecule has 3 aromatic heterocycles. The van der Waals surface area contributed by atoms with Crippen LogP contribution in [-0.4, -0.2) is 39.6 Å². The summed E-state index contributed by atoms with van der Waals surface area (Å²) in [6.07, 6.45) is 3.54. The van der Waals surface area contributed by atoms with Gasteiger partial charge in [0.1, 0.15) is 17.5 Å². The van der Waals surface area contributed by atoms with Gasteiger partial charge in [-0.3, -0.25) is 4.90 Å². The second-order valence-electron chi connectivity index (χ2n) is 5.78. The van der Waals surface area contributed by atoms with Gasteiger partial charge in [0.05, 0.1) is 19.3 Å². The van der Waals surface area contributed by atoms with E-state index in [0.717, 1.165) is 37.2 Å². The molecular formula is C18H19N5OS. The number of rotatable bonds is 5. The van der Waals surface area contributed by atoms with Crippen LogP contribution in [0.3, 0.4) is 0 Å². The molecular weight excluding hydrogens is 334 g/mol. The van der Waals surface area contributed by atoms with E-state index >= 15 is 0 Å². The van der Waals surface area contributed by atoms with Gasteiger partial charge >= 0.3 is 0 Å². The van der Waals surface area contributed by atoms with Crippen molar-refractivity contribution in [1.82, 2.24) is 19.9 Å². The molecule has 1 N–H and O–H groups in total. The van der Waals surface area contributed by atoms with Crippen LogP contribution < -0.4 is 5.32 Å². The topological polar surface area (TPSA) is 63.2 Å². The number of anilines is 2. The monoisotopic (exact) mass is 353 g/mol. The molecule has 1 fully saturated rings. The van der Waals surface area contributed by atoms with E-state index in [9.17, 15) is 0 Å². The van der Waals surface area contributed by atoms with Gasteiger partial charge in [0.2, 0.25) is 0 Å². The van der Waals surface area contributed by atoms with E-state index in [-0.39, 0.29) is 6.04 Å². The minimum Gasteiger partial charge on any atom is -0.378 e. The van der Waals surface area contributed by atoms with Crippen molar-refractivity contribution in [2.75, 3.05) is 25.1 Å². The standard InChI is InChI=1S/C18H19N5OS/c1-2-7-19-16(5-1)21-17-6-8-20-18(22-17)15-13-24-10-9-23(15)12-14-4-3-11-25-14/h1-8,11,15H,9-10,12-13H2,(H,19,20,21,22)/t15-/m1/s1. The van der Waals surface area contributed by atoms with Crippen molar-refractivity contribution >= 4 is 23.0 Å². The first-order valence-electron chi connectivity index (χ1n) is 8.24. The molecule has 1 saturated heterocycles. The highest BCUT2D eigenvalue weighted by Crippen LogP contribution is 2.25. The summed E-state index contributed by atoms with van der Waals surface area (Å²) < 4.78 is 5.69. The highest BCUT2D eigenvalue weighted by atomic mass is 32.1. The smallest absolute Gasteiger partial charge is 0.150 e. The molecule has 128 valence electrons. The van der Waals surface area contributed by atoms with Gasteiger partial charge in [-0.2, -0.15) is 0 Å². The highest BCUT2D eigenvalue weighted by molar-refractivity contribution is 7.09. The van der Waals surface area contributed by atoms with Crippen LogP contribution in [0.1, 0.15) is 16.7 Å². The summed E-state index contributed by atoms with van der Waals surface area (Å²) in [5.74, 6) is 2.28. The largest absolute Gasteiger partial charge is 0.378 e. The zero-order valence-electron chi connectivity index (χ0n) is 13.7. The summed E-state index contributed by atoms with van der Waals surface area (Å²) in [5.41, 5.74) is 0. The lowest BCUT2D eigenvalue weighted by atomic mass is 10.2. The van der Waals surface area contributed by atoms with Gasteiger partial charge in [-0.05, 0) is 29.6 Å². The van der Waals surface area contributed by atoms with Gasteiger partial charge in [0, 0.05) is 30.4 Å². The minimum atomic E-state index is 0.0568. The Morgan fingerprint density at radius 1 is 1.12 bits per heavy atom. The van der Waals surface area contributed by atoms with Crippen LogP contribution in [0.5, 0.6) is 0 Å². The summed E-state index contributed by atoms with van der Waals surface area (Å²) in [5, 5.41) is 5.33. The van der Waals surface area contributed by atoms with Crippen molar-refractivity contribution < 1.29 is 4.74 Å². The Bertz CT molecular complexity index is 796. The molecule has 0 bridgehead atoms. The van der Waals surface area contributed by atoms with E-state index in [0.29, 0.717) is 6.61 Å². The Morgan fingerprint density at radius 3 is 2.96 bits per heavy atom. The van der Waals surface area contributed by atoms with Gasteiger partial charge in [-0.15, -0.1) is 11.3 Å². The molecule has 4 heterocycles. The van der Waals surface area contributed by atoms with Crippen molar-refractivity contribution in [3.8, 4) is 0 Å². The van der Waals surface area contributed by atoms with Crippen LogP contribution in [0.4, 0.5) is 11.6 Å². The fraction of sp³-hybridized carbons (Fsp3) is 0.278. The first-order valence-corrected chi connectivity index (χ1v) is 9.11. The molecule has 25 heavy (non-hydrogen) atoms. The number of morpholine rings is 1. The maximum absolute atomic E-state index is 5.69. The lowest BCUT2D eigenvalue weighted by Crippen LogP contribution is -2.39. The molecule has 0 unspecified atom stereocenters. The fourth-order valence-electron chi connectivity index (χ4n) is 2.84. The molecule has 4 rings (SSSR count). The fourth-order valence-corrected chi connectivity index (χ4v) is 3.57. The zero-order chi connectivity index (χ0) is 16.9. The second kappa shape index (κ2) is 7.69. The lowest BCUT2D eigenvalue weighted by Gasteiger charge is -2.34. The number of aromatic nitrogens is 3. The number of nitrogens with one attached hydrogen (secondary N) is 1. The number of nitrogens with zero attached hydrogens (tertiary/aromatic N) is 4. The Kier molecular flexibility index (Phi) is 4.96. The van der Waals surface area contributed by atoms with Crippen LogP contribution in [0.25, 0.3) is 0 Å². The molecule has 0 spiro atoms. The van der Waals surface area contributed by atoms with Gasteiger partial charge in [-0.25, -0.2) is 15.0 Å². The Morgan fingerprint density at radius 2 is 2.12 bits per heavy atom. The third kappa shape index (κ3) is 4.01. The maximum Gasteiger partial charge on any atom is 0.150 e. The number of hydrogen-bond acceptors (Lipinski definition) is 7.